The van der Waals surface area contributed by atoms with Crippen molar-refractivity contribution in [2.75, 3.05) is 0 Å². The molecule has 166 valence electrons. The van der Waals surface area contributed by atoms with Crippen LogP contribution in [0.25, 0.3) is 0 Å². The average Bonchev–Trinajstić information content (AvgIpc) is 2.88. The van der Waals surface area contributed by atoms with Crippen LogP contribution in [0.3, 0.4) is 0 Å². The first-order valence-electron chi connectivity index (χ1n) is 11.3. The Bertz CT molecular complexity index is 780. The van der Waals surface area contributed by atoms with E-state index in [2.05, 4.69) is 59.0 Å². The molecule has 1 spiro atoms. The SMILES string of the molecule is CC1=C[C@@H]2/C=C(\C)C[C@@H](C)C[C@@H](O)/C=C/C(=O)O[C@]23C(=O)N[C@@H](CC(C)C)[C@@H]3[C@@H]1C. The second-order valence-corrected chi connectivity index (χ2v) is 10.2. The molecule has 5 nitrogen and oxygen atoms in total. The zero-order valence-electron chi connectivity index (χ0n) is 19.1. The van der Waals surface area contributed by atoms with Crippen molar-refractivity contribution in [3.05, 3.63) is 35.5 Å². The number of ether oxygens (including phenoxy) is 1. The molecule has 0 saturated carbocycles. The van der Waals surface area contributed by atoms with Crippen molar-refractivity contribution in [2.45, 2.75) is 78.6 Å². The first-order chi connectivity index (χ1) is 14.0. The number of carbonyl (C=O) groups is 2. The van der Waals surface area contributed by atoms with Crippen LogP contribution in [0.5, 0.6) is 0 Å². The number of rotatable bonds is 2. The Balaban J connectivity index is 2.14. The quantitative estimate of drug-likeness (QED) is 0.529. The van der Waals surface area contributed by atoms with Gasteiger partial charge in [-0.1, -0.05) is 51.0 Å². The number of aliphatic hydroxyl groups excluding tert-OH is 1. The lowest BCUT2D eigenvalue weighted by Crippen LogP contribution is -2.56. The number of esters is 1. The summed E-state index contributed by atoms with van der Waals surface area (Å²) < 4.78 is 6.07. The smallest absolute Gasteiger partial charge is 0.331 e. The highest BCUT2D eigenvalue weighted by atomic mass is 16.6. The second-order valence-electron chi connectivity index (χ2n) is 10.2. The number of aliphatic hydroxyl groups is 1. The van der Waals surface area contributed by atoms with E-state index in [1.165, 1.54) is 17.7 Å². The van der Waals surface area contributed by atoms with Gasteiger partial charge in [0.05, 0.1) is 6.10 Å². The Morgan fingerprint density at radius 2 is 1.93 bits per heavy atom. The third kappa shape index (κ3) is 4.27. The molecule has 2 heterocycles. The summed E-state index contributed by atoms with van der Waals surface area (Å²) in [6, 6.07) is -0.0402. The first kappa shape index (κ1) is 22.8. The van der Waals surface area contributed by atoms with Crippen LogP contribution in [0.1, 0.15) is 60.8 Å². The zero-order chi connectivity index (χ0) is 22.2. The molecule has 1 aliphatic carbocycles. The minimum Gasteiger partial charge on any atom is -0.444 e. The van der Waals surface area contributed by atoms with Gasteiger partial charge in [-0.05, 0) is 56.9 Å². The standard InChI is InChI=1S/C25H37NO4/c1-14(2)9-21-23-18(6)17(5)13-19-11-15(3)10-16(4)12-20(27)7-8-22(28)30-25(19,23)24(29)26-21/h7-8,11,13-14,16,18-21,23,27H,9-10,12H2,1-6H3,(H,26,29)/b8-7+,15-11+/t16-,18-,19+,20+,21+,23+,25-/m1/s1. The summed E-state index contributed by atoms with van der Waals surface area (Å²) in [5.74, 6) is -0.399. The van der Waals surface area contributed by atoms with E-state index >= 15 is 0 Å². The number of hydrogen-bond donors (Lipinski definition) is 2. The van der Waals surface area contributed by atoms with Gasteiger partial charge in [0.2, 0.25) is 5.60 Å². The van der Waals surface area contributed by atoms with Crippen LogP contribution in [-0.2, 0) is 14.3 Å². The Morgan fingerprint density at radius 3 is 2.60 bits per heavy atom. The molecule has 0 aromatic carbocycles. The fourth-order valence-electron chi connectivity index (χ4n) is 5.71. The maximum absolute atomic E-state index is 13.5. The van der Waals surface area contributed by atoms with Gasteiger partial charge in [-0.25, -0.2) is 4.79 Å². The highest BCUT2D eigenvalue weighted by molar-refractivity contribution is 5.94. The predicted octanol–water partition coefficient (Wildman–Crippen LogP) is 3.93. The summed E-state index contributed by atoms with van der Waals surface area (Å²) in [5, 5.41) is 13.4. The van der Waals surface area contributed by atoms with Gasteiger partial charge in [-0.3, -0.25) is 4.79 Å². The van der Waals surface area contributed by atoms with Crippen molar-refractivity contribution in [2.24, 2.45) is 29.6 Å². The molecule has 0 unspecified atom stereocenters. The van der Waals surface area contributed by atoms with Crippen LogP contribution in [0.2, 0.25) is 0 Å². The van der Waals surface area contributed by atoms with E-state index in [-0.39, 0.29) is 35.6 Å². The van der Waals surface area contributed by atoms with Crippen molar-refractivity contribution in [1.29, 1.82) is 0 Å². The normalized spacial score (nSPS) is 42.5. The summed E-state index contributed by atoms with van der Waals surface area (Å²) in [4.78, 5) is 26.3. The van der Waals surface area contributed by atoms with Gasteiger partial charge in [-0.2, -0.15) is 0 Å². The van der Waals surface area contributed by atoms with E-state index in [1.807, 2.05) is 0 Å². The van der Waals surface area contributed by atoms with Gasteiger partial charge in [0.15, 0.2) is 0 Å². The monoisotopic (exact) mass is 415 g/mol. The second kappa shape index (κ2) is 8.70. The maximum atomic E-state index is 13.5. The molecule has 0 aromatic rings. The number of nitrogens with one attached hydrogen (secondary N) is 1. The van der Waals surface area contributed by atoms with Gasteiger partial charge in [-0.15, -0.1) is 0 Å². The molecule has 1 fully saturated rings. The van der Waals surface area contributed by atoms with E-state index in [0.717, 1.165) is 18.4 Å². The maximum Gasteiger partial charge on any atom is 0.331 e. The number of allylic oxidation sites excluding steroid dienone is 2. The van der Waals surface area contributed by atoms with Gasteiger partial charge >= 0.3 is 5.97 Å². The van der Waals surface area contributed by atoms with Crippen molar-refractivity contribution < 1.29 is 19.4 Å². The fraction of sp³-hybridized carbons (Fsp3) is 0.680. The van der Waals surface area contributed by atoms with Gasteiger partial charge in [0.25, 0.3) is 5.91 Å². The van der Waals surface area contributed by atoms with Crippen molar-refractivity contribution in [3.8, 4) is 0 Å². The molecule has 7 atom stereocenters. The molecule has 2 N–H and O–H groups in total. The summed E-state index contributed by atoms with van der Waals surface area (Å²) in [6.07, 6.45) is 8.55. The van der Waals surface area contributed by atoms with Crippen molar-refractivity contribution in [3.63, 3.8) is 0 Å². The van der Waals surface area contributed by atoms with Crippen molar-refractivity contribution >= 4 is 11.9 Å². The Hall–Kier alpha value is -1.88. The fourth-order valence-corrected chi connectivity index (χ4v) is 5.71. The average molecular weight is 416 g/mol. The molecule has 30 heavy (non-hydrogen) atoms. The number of amides is 1. The Labute approximate surface area is 180 Å². The molecule has 3 rings (SSSR count). The largest absolute Gasteiger partial charge is 0.444 e. The number of carbonyl (C=O) groups excluding carboxylic acids is 2. The van der Waals surface area contributed by atoms with Gasteiger partial charge in [0.1, 0.15) is 0 Å². The van der Waals surface area contributed by atoms with Crippen LogP contribution in [0, 0.1) is 29.6 Å². The lowest BCUT2D eigenvalue weighted by Gasteiger charge is -2.45. The van der Waals surface area contributed by atoms with Gasteiger partial charge in [0, 0.05) is 24.0 Å². The van der Waals surface area contributed by atoms with Crippen LogP contribution >= 0.6 is 0 Å². The highest BCUT2D eigenvalue weighted by Gasteiger charge is 2.64. The molecule has 2 aliphatic heterocycles. The zero-order valence-corrected chi connectivity index (χ0v) is 19.1. The van der Waals surface area contributed by atoms with Gasteiger partial charge < -0.3 is 15.2 Å². The Kier molecular flexibility index (Phi) is 6.61. The summed E-state index contributed by atoms with van der Waals surface area (Å²) in [5.41, 5.74) is 1.13. The van der Waals surface area contributed by atoms with E-state index in [1.54, 1.807) is 0 Å². The first-order valence-corrected chi connectivity index (χ1v) is 11.3. The molecule has 1 saturated heterocycles. The Morgan fingerprint density at radius 1 is 1.23 bits per heavy atom. The van der Waals surface area contributed by atoms with E-state index in [9.17, 15) is 14.7 Å². The minimum absolute atomic E-state index is 0.0402. The van der Waals surface area contributed by atoms with Crippen LogP contribution < -0.4 is 5.32 Å². The molecule has 1 amide bonds. The number of hydrogen-bond acceptors (Lipinski definition) is 4. The predicted molar refractivity (Wildman–Crippen MR) is 117 cm³/mol. The van der Waals surface area contributed by atoms with Crippen LogP contribution in [0.15, 0.2) is 35.5 Å². The third-order valence-electron chi connectivity index (χ3n) is 7.02. The lowest BCUT2D eigenvalue weighted by atomic mass is 9.63. The van der Waals surface area contributed by atoms with Crippen LogP contribution in [-0.4, -0.2) is 34.7 Å². The summed E-state index contributed by atoms with van der Waals surface area (Å²) >= 11 is 0. The molecular formula is C25H37NO4. The van der Waals surface area contributed by atoms with E-state index < -0.39 is 17.7 Å². The summed E-state index contributed by atoms with van der Waals surface area (Å²) in [7, 11) is 0. The highest BCUT2D eigenvalue weighted by Crippen LogP contribution is 2.51. The third-order valence-corrected chi connectivity index (χ3v) is 7.02. The lowest BCUT2D eigenvalue weighted by molar-refractivity contribution is -0.172. The molecular weight excluding hydrogens is 378 g/mol. The van der Waals surface area contributed by atoms with E-state index in [4.69, 9.17) is 4.74 Å². The minimum atomic E-state index is -1.26. The molecule has 5 heteroatoms. The molecule has 3 aliphatic rings. The van der Waals surface area contributed by atoms with Crippen molar-refractivity contribution in [1.82, 2.24) is 5.32 Å². The summed E-state index contributed by atoms with van der Waals surface area (Å²) in [6.45, 7) is 12.7. The van der Waals surface area contributed by atoms with Crippen LogP contribution in [0.4, 0.5) is 0 Å². The topological polar surface area (TPSA) is 75.6 Å². The molecule has 0 bridgehead atoms. The molecule has 0 aromatic heterocycles. The molecule has 0 radical (unpaired) electrons. The van der Waals surface area contributed by atoms with E-state index in [0.29, 0.717) is 12.3 Å².